The van der Waals surface area contributed by atoms with Gasteiger partial charge in [-0.1, -0.05) is 18.2 Å². The Balaban J connectivity index is 1.65. The van der Waals surface area contributed by atoms with E-state index in [0.717, 1.165) is 12.3 Å². The summed E-state index contributed by atoms with van der Waals surface area (Å²) in [5.74, 6) is -2.13. The van der Waals surface area contributed by atoms with Crippen molar-refractivity contribution in [2.24, 2.45) is 4.99 Å². The molecular formula is C25H21F4N5O4. The topological polar surface area (TPSA) is 115 Å². The number of anilines is 1. The monoisotopic (exact) mass is 531 g/mol. The van der Waals surface area contributed by atoms with Crippen LogP contribution < -0.4 is 15.4 Å². The molecule has 1 aromatic heterocycles. The van der Waals surface area contributed by atoms with Gasteiger partial charge >= 0.3 is 6.18 Å². The van der Waals surface area contributed by atoms with E-state index in [1.165, 1.54) is 44.5 Å². The molecule has 0 saturated carbocycles. The highest BCUT2D eigenvalue weighted by Crippen LogP contribution is 2.41. The van der Waals surface area contributed by atoms with Crippen LogP contribution >= 0.6 is 0 Å². The molecule has 2 heterocycles. The number of halogens is 4. The first-order valence-corrected chi connectivity index (χ1v) is 11.2. The van der Waals surface area contributed by atoms with Crippen molar-refractivity contribution in [2.75, 3.05) is 12.4 Å². The first kappa shape index (κ1) is 26.5. The summed E-state index contributed by atoms with van der Waals surface area (Å²) in [5, 5.41) is 4.74. The molecule has 1 aliphatic rings. The van der Waals surface area contributed by atoms with Gasteiger partial charge < -0.3 is 14.8 Å². The lowest BCUT2D eigenvalue weighted by atomic mass is 9.85. The number of carbonyl (C=O) groups is 2. The Morgan fingerprint density at radius 3 is 2.42 bits per heavy atom. The highest BCUT2D eigenvalue weighted by Gasteiger charge is 2.50. The molecule has 9 nitrogen and oxygen atoms in total. The molecule has 2 N–H and O–H groups in total. The van der Waals surface area contributed by atoms with Crippen molar-refractivity contribution in [3.05, 3.63) is 83.6 Å². The Morgan fingerprint density at radius 2 is 1.79 bits per heavy atom. The van der Waals surface area contributed by atoms with Crippen LogP contribution in [0.25, 0.3) is 0 Å². The van der Waals surface area contributed by atoms with Crippen molar-refractivity contribution < 1.29 is 36.6 Å². The second-order valence-electron chi connectivity index (χ2n) is 8.46. The van der Waals surface area contributed by atoms with E-state index >= 15 is 0 Å². The van der Waals surface area contributed by atoms with Gasteiger partial charge in [-0.25, -0.2) is 19.4 Å². The van der Waals surface area contributed by atoms with Crippen LogP contribution in [0, 0.1) is 5.82 Å². The van der Waals surface area contributed by atoms with E-state index in [4.69, 9.17) is 9.47 Å². The number of methoxy groups -OCH3 is 1. The average molecular weight is 531 g/mol. The molecule has 3 aromatic rings. The minimum atomic E-state index is -4.84. The molecule has 0 bridgehead atoms. The third-order valence-corrected chi connectivity index (χ3v) is 5.68. The van der Waals surface area contributed by atoms with Crippen molar-refractivity contribution in [1.82, 2.24) is 15.3 Å². The van der Waals surface area contributed by atoms with Crippen LogP contribution in [0.3, 0.4) is 0 Å². The van der Waals surface area contributed by atoms with E-state index in [-0.39, 0.29) is 28.4 Å². The van der Waals surface area contributed by atoms with Crippen LogP contribution in [0.5, 0.6) is 5.88 Å². The molecule has 2 aromatic carbocycles. The number of carbonyl (C=O) groups excluding carboxylic acids is 2. The molecule has 0 spiro atoms. The molecular weight excluding hydrogens is 510 g/mol. The number of nitrogens with zero attached hydrogens (tertiary/aromatic N) is 3. The fourth-order valence-electron chi connectivity index (χ4n) is 3.75. The lowest BCUT2D eigenvalue weighted by molar-refractivity contribution is -0.208. The van der Waals surface area contributed by atoms with E-state index in [9.17, 15) is 27.2 Å². The maximum absolute atomic E-state index is 15.0. The SMILES string of the molecule is COc1cnc(C(=O)Nc2ccc(F)c([C@@]3(C)C[C@@H](C(F)(F)F)OC(NC(=O)c4ccccc4)=N3)c2)cn1. The number of aliphatic imine (C=N–C) groups is 1. The number of alkyl halides is 3. The predicted molar refractivity (Wildman–Crippen MR) is 127 cm³/mol. The van der Waals surface area contributed by atoms with Gasteiger partial charge in [0.25, 0.3) is 17.8 Å². The first-order chi connectivity index (χ1) is 18.0. The van der Waals surface area contributed by atoms with Gasteiger partial charge in [-0.15, -0.1) is 0 Å². The molecule has 0 aliphatic carbocycles. The second kappa shape index (κ2) is 10.4. The van der Waals surface area contributed by atoms with Crippen LogP contribution in [-0.2, 0) is 10.3 Å². The Morgan fingerprint density at radius 1 is 1.05 bits per heavy atom. The van der Waals surface area contributed by atoms with E-state index in [2.05, 4.69) is 25.6 Å². The zero-order valence-electron chi connectivity index (χ0n) is 20.0. The van der Waals surface area contributed by atoms with Crippen LogP contribution in [0.15, 0.2) is 65.9 Å². The first-order valence-electron chi connectivity index (χ1n) is 11.2. The van der Waals surface area contributed by atoms with E-state index in [1.807, 2.05) is 0 Å². The molecule has 0 fully saturated rings. The largest absolute Gasteiger partial charge is 0.480 e. The molecule has 198 valence electrons. The fraction of sp³-hybridized carbons (Fsp3) is 0.240. The van der Waals surface area contributed by atoms with Gasteiger partial charge in [0.1, 0.15) is 11.5 Å². The number of hydrogen-bond acceptors (Lipinski definition) is 7. The highest BCUT2D eigenvalue weighted by molar-refractivity contribution is 6.04. The van der Waals surface area contributed by atoms with Crippen LogP contribution in [0.1, 0.15) is 39.8 Å². The quantitative estimate of drug-likeness (QED) is 0.477. The summed E-state index contributed by atoms with van der Waals surface area (Å²) in [5.41, 5.74) is -1.91. The maximum atomic E-state index is 15.0. The molecule has 0 saturated heterocycles. The summed E-state index contributed by atoms with van der Waals surface area (Å²) in [6.07, 6.45) is -5.61. The summed E-state index contributed by atoms with van der Waals surface area (Å²) < 4.78 is 66.1. The van der Waals surface area contributed by atoms with Gasteiger partial charge in [0.05, 0.1) is 25.0 Å². The summed E-state index contributed by atoms with van der Waals surface area (Å²) in [7, 11) is 1.38. The van der Waals surface area contributed by atoms with Gasteiger partial charge in [0, 0.05) is 23.2 Å². The average Bonchev–Trinajstić information content (AvgIpc) is 2.89. The minimum Gasteiger partial charge on any atom is -0.480 e. The number of amidine groups is 1. The van der Waals surface area contributed by atoms with Crippen molar-refractivity contribution >= 4 is 23.5 Å². The molecule has 4 rings (SSSR count). The lowest BCUT2D eigenvalue weighted by Gasteiger charge is -2.36. The number of aromatic nitrogens is 2. The van der Waals surface area contributed by atoms with Gasteiger partial charge in [-0.3, -0.25) is 14.9 Å². The second-order valence-corrected chi connectivity index (χ2v) is 8.46. The number of hydrogen-bond donors (Lipinski definition) is 2. The molecule has 13 heteroatoms. The van der Waals surface area contributed by atoms with Crippen LogP contribution in [-0.4, -0.2) is 47.2 Å². The van der Waals surface area contributed by atoms with Crippen molar-refractivity contribution in [3.63, 3.8) is 0 Å². The Bertz CT molecular complexity index is 1370. The summed E-state index contributed by atoms with van der Waals surface area (Å²) in [6.45, 7) is 1.28. The standard InChI is InChI=1S/C25H21F4N5O4/c1-24(11-19(25(27,28)29)38-23(34-24)33-21(35)14-6-4-3-5-7-14)16-10-15(8-9-17(16)26)32-22(36)18-12-31-20(37-2)13-30-18/h3-10,12-13,19H,11H2,1-2H3,(H,32,36)(H,33,34,35)/t19-,24+/m0/s1. The predicted octanol–water partition coefficient (Wildman–Crippen LogP) is 4.23. The molecule has 38 heavy (non-hydrogen) atoms. The number of ether oxygens (including phenoxy) is 2. The third kappa shape index (κ3) is 5.88. The zero-order valence-corrected chi connectivity index (χ0v) is 20.0. The van der Waals surface area contributed by atoms with E-state index < -0.39 is 47.9 Å². The Hall–Kier alpha value is -4.55. The van der Waals surface area contributed by atoms with Crippen molar-refractivity contribution in [2.45, 2.75) is 31.2 Å². The number of rotatable bonds is 5. The molecule has 2 amide bonds. The summed E-state index contributed by atoms with van der Waals surface area (Å²) in [4.78, 5) is 37.0. The molecule has 2 atom stereocenters. The van der Waals surface area contributed by atoms with E-state index in [0.29, 0.717) is 0 Å². The van der Waals surface area contributed by atoms with E-state index in [1.54, 1.807) is 18.2 Å². The minimum absolute atomic E-state index is 0.0741. The van der Waals surface area contributed by atoms with Gasteiger partial charge in [0.2, 0.25) is 5.88 Å². The van der Waals surface area contributed by atoms with Crippen molar-refractivity contribution in [1.29, 1.82) is 0 Å². The third-order valence-electron chi connectivity index (χ3n) is 5.68. The fourth-order valence-corrected chi connectivity index (χ4v) is 3.75. The zero-order chi connectivity index (χ0) is 27.5. The molecule has 0 unspecified atom stereocenters. The van der Waals surface area contributed by atoms with Crippen LogP contribution in [0.2, 0.25) is 0 Å². The highest BCUT2D eigenvalue weighted by atomic mass is 19.4. The number of benzene rings is 2. The smallest absolute Gasteiger partial charge is 0.425 e. The summed E-state index contributed by atoms with van der Waals surface area (Å²) >= 11 is 0. The Labute approximate surface area is 213 Å². The molecule has 1 aliphatic heterocycles. The van der Waals surface area contributed by atoms with Gasteiger partial charge in [-0.2, -0.15) is 13.2 Å². The lowest BCUT2D eigenvalue weighted by Crippen LogP contribution is -2.48. The van der Waals surface area contributed by atoms with Gasteiger partial charge in [-0.05, 0) is 37.3 Å². The van der Waals surface area contributed by atoms with Gasteiger partial charge in [0.15, 0.2) is 6.10 Å². The maximum Gasteiger partial charge on any atom is 0.425 e. The number of nitrogens with one attached hydrogen (secondary N) is 2. The van der Waals surface area contributed by atoms with Crippen LogP contribution in [0.4, 0.5) is 23.2 Å². The summed E-state index contributed by atoms with van der Waals surface area (Å²) in [6, 6.07) is 10.4. The normalized spacial score (nSPS) is 19.1. The molecule has 0 radical (unpaired) electrons. The van der Waals surface area contributed by atoms with Crippen molar-refractivity contribution in [3.8, 4) is 5.88 Å². The number of amides is 2. The Kier molecular flexibility index (Phi) is 7.28.